The minimum absolute atomic E-state index is 0.656. The third-order valence-corrected chi connectivity index (χ3v) is 9.29. The van der Waals surface area contributed by atoms with Gasteiger partial charge in [-0.1, -0.05) is 146 Å². The van der Waals surface area contributed by atoms with Crippen molar-refractivity contribution >= 4 is 5.57 Å². The molecule has 0 fully saturated rings. The molecular formula is C46H36N4. The van der Waals surface area contributed by atoms with Gasteiger partial charge in [0.05, 0.1) is 0 Å². The van der Waals surface area contributed by atoms with Crippen molar-refractivity contribution in [3.05, 3.63) is 175 Å². The van der Waals surface area contributed by atoms with Gasteiger partial charge >= 0.3 is 0 Å². The Morgan fingerprint density at radius 3 is 1.74 bits per heavy atom. The second kappa shape index (κ2) is 13.7. The quantitative estimate of drug-likeness (QED) is 0.173. The van der Waals surface area contributed by atoms with Crippen LogP contribution in [0.2, 0.25) is 0 Å². The normalized spacial score (nSPS) is 12.5. The number of rotatable bonds is 7. The van der Waals surface area contributed by atoms with Crippen molar-refractivity contribution in [3.8, 4) is 67.3 Å². The highest BCUT2D eigenvalue weighted by Gasteiger charge is 2.18. The topological polar surface area (TPSA) is 51.6 Å². The summed E-state index contributed by atoms with van der Waals surface area (Å²) in [6.07, 6.45) is 8.26. The Kier molecular flexibility index (Phi) is 8.50. The molecule has 2 heterocycles. The molecule has 0 saturated carbocycles. The van der Waals surface area contributed by atoms with E-state index in [1.54, 1.807) is 0 Å². The first-order valence-electron chi connectivity index (χ1n) is 17.1. The summed E-state index contributed by atoms with van der Waals surface area (Å²) in [7, 11) is 0. The molecule has 2 aromatic heterocycles. The largest absolute Gasteiger partial charge is 0.258 e. The van der Waals surface area contributed by atoms with Crippen molar-refractivity contribution in [1.82, 2.24) is 19.9 Å². The SMILES string of the molecule is Cc1ccc(-c2ccccc2-c2nc(C3=CC=CCC3)nc(-c3ccc(-c4ccc(-c5ccccc5)cc4-c4ccccc4)cc3)n2)c(C)n1. The Morgan fingerprint density at radius 1 is 0.420 bits per heavy atom. The number of aromatic nitrogens is 4. The molecule has 0 unspecified atom stereocenters. The van der Waals surface area contributed by atoms with Gasteiger partial charge in [0.2, 0.25) is 0 Å². The maximum atomic E-state index is 5.13. The zero-order valence-corrected chi connectivity index (χ0v) is 28.2. The molecule has 5 aromatic carbocycles. The van der Waals surface area contributed by atoms with Gasteiger partial charge in [-0.15, -0.1) is 0 Å². The van der Waals surface area contributed by atoms with Crippen molar-refractivity contribution in [2.75, 3.05) is 0 Å². The number of pyridine rings is 1. The lowest BCUT2D eigenvalue weighted by atomic mass is 9.91. The van der Waals surface area contributed by atoms with Crippen LogP contribution in [0, 0.1) is 13.8 Å². The summed E-state index contributed by atoms with van der Waals surface area (Å²) in [5.41, 5.74) is 14.2. The summed E-state index contributed by atoms with van der Waals surface area (Å²) < 4.78 is 0. The van der Waals surface area contributed by atoms with Crippen LogP contribution >= 0.6 is 0 Å². The van der Waals surface area contributed by atoms with E-state index in [9.17, 15) is 0 Å². The summed E-state index contributed by atoms with van der Waals surface area (Å²) in [6, 6.07) is 49.1. The van der Waals surface area contributed by atoms with E-state index in [1.165, 1.54) is 27.8 Å². The number of nitrogens with zero attached hydrogens (tertiary/aromatic N) is 4. The van der Waals surface area contributed by atoms with E-state index in [0.717, 1.165) is 63.4 Å². The molecule has 0 spiro atoms. The van der Waals surface area contributed by atoms with E-state index < -0.39 is 0 Å². The number of aryl methyl sites for hydroxylation is 2. The lowest BCUT2D eigenvalue weighted by Gasteiger charge is -2.15. The van der Waals surface area contributed by atoms with Gasteiger partial charge in [0, 0.05) is 28.1 Å². The van der Waals surface area contributed by atoms with Crippen LogP contribution in [0.5, 0.6) is 0 Å². The van der Waals surface area contributed by atoms with Gasteiger partial charge in [-0.05, 0) is 83.3 Å². The average Bonchev–Trinajstić information content (AvgIpc) is 3.19. The predicted octanol–water partition coefficient (Wildman–Crippen LogP) is 11.6. The van der Waals surface area contributed by atoms with Gasteiger partial charge in [0.25, 0.3) is 0 Å². The molecule has 1 aliphatic carbocycles. The van der Waals surface area contributed by atoms with Crippen LogP contribution in [0.1, 0.15) is 30.1 Å². The van der Waals surface area contributed by atoms with E-state index in [4.69, 9.17) is 19.9 Å². The fourth-order valence-electron chi connectivity index (χ4n) is 6.70. The monoisotopic (exact) mass is 644 g/mol. The summed E-state index contributed by atoms with van der Waals surface area (Å²) in [5, 5.41) is 0. The maximum absolute atomic E-state index is 5.13. The first-order chi connectivity index (χ1) is 24.6. The number of hydrogen-bond acceptors (Lipinski definition) is 4. The molecule has 1 aliphatic rings. The Labute approximate surface area is 293 Å². The third-order valence-electron chi connectivity index (χ3n) is 9.29. The Morgan fingerprint density at radius 2 is 1.02 bits per heavy atom. The molecule has 0 amide bonds. The van der Waals surface area contributed by atoms with Crippen molar-refractivity contribution in [2.45, 2.75) is 26.7 Å². The van der Waals surface area contributed by atoms with Crippen molar-refractivity contribution in [1.29, 1.82) is 0 Å². The first kappa shape index (κ1) is 31.0. The fraction of sp³-hybridized carbons (Fsp3) is 0.0870. The van der Waals surface area contributed by atoms with Crippen LogP contribution in [0.3, 0.4) is 0 Å². The van der Waals surface area contributed by atoms with Crippen LogP contribution in [0.25, 0.3) is 72.9 Å². The van der Waals surface area contributed by atoms with Crippen LogP contribution in [-0.2, 0) is 0 Å². The zero-order chi connectivity index (χ0) is 33.9. The summed E-state index contributed by atoms with van der Waals surface area (Å²) in [6.45, 7) is 4.08. The lowest BCUT2D eigenvalue weighted by molar-refractivity contribution is 0.978. The molecular weight excluding hydrogens is 609 g/mol. The number of hydrogen-bond donors (Lipinski definition) is 0. The molecule has 8 rings (SSSR count). The zero-order valence-electron chi connectivity index (χ0n) is 28.2. The van der Waals surface area contributed by atoms with Gasteiger partial charge in [0.15, 0.2) is 17.5 Å². The van der Waals surface area contributed by atoms with E-state index in [-0.39, 0.29) is 0 Å². The van der Waals surface area contributed by atoms with Crippen molar-refractivity contribution < 1.29 is 0 Å². The molecule has 0 bridgehead atoms. The predicted molar refractivity (Wildman–Crippen MR) is 206 cm³/mol. The van der Waals surface area contributed by atoms with Gasteiger partial charge in [0.1, 0.15) is 0 Å². The molecule has 0 radical (unpaired) electrons. The third kappa shape index (κ3) is 6.31. The highest BCUT2D eigenvalue weighted by atomic mass is 15.0. The number of benzene rings is 5. The molecule has 4 nitrogen and oxygen atoms in total. The van der Waals surface area contributed by atoms with Gasteiger partial charge < -0.3 is 0 Å². The van der Waals surface area contributed by atoms with Crippen LogP contribution in [-0.4, -0.2) is 19.9 Å². The van der Waals surface area contributed by atoms with E-state index in [2.05, 4.69) is 159 Å². The van der Waals surface area contributed by atoms with Crippen LogP contribution in [0.4, 0.5) is 0 Å². The van der Waals surface area contributed by atoms with Gasteiger partial charge in [-0.2, -0.15) is 0 Å². The summed E-state index contributed by atoms with van der Waals surface area (Å²) in [4.78, 5) is 20.0. The highest BCUT2D eigenvalue weighted by molar-refractivity contribution is 5.88. The van der Waals surface area contributed by atoms with Crippen molar-refractivity contribution in [3.63, 3.8) is 0 Å². The second-order valence-corrected chi connectivity index (χ2v) is 12.7. The highest BCUT2D eigenvalue weighted by Crippen LogP contribution is 2.38. The molecule has 4 heteroatoms. The van der Waals surface area contributed by atoms with E-state index in [1.807, 2.05) is 13.0 Å². The first-order valence-corrected chi connectivity index (χ1v) is 17.1. The minimum atomic E-state index is 0.656. The van der Waals surface area contributed by atoms with E-state index >= 15 is 0 Å². The average molecular weight is 645 g/mol. The molecule has 0 N–H and O–H groups in total. The van der Waals surface area contributed by atoms with Gasteiger partial charge in [-0.25, -0.2) is 15.0 Å². The van der Waals surface area contributed by atoms with Crippen molar-refractivity contribution in [2.24, 2.45) is 0 Å². The molecule has 7 aromatic rings. The smallest absolute Gasteiger partial charge is 0.164 e. The molecule has 50 heavy (non-hydrogen) atoms. The maximum Gasteiger partial charge on any atom is 0.164 e. The molecule has 0 aliphatic heterocycles. The summed E-state index contributed by atoms with van der Waals surface area (Å²) in [5.74, 6) is 2.03. The Balaban J connectivity index is 1.23. The van der Waals surface area contributed by atoms with E-state index in [0.29, 0.717) is 11.6 Å². The second-order valence-electron chi connectivity index (χ2n) is 12.7. The number of allylic oxidation sites excluding steroid dienone is 4. The van der Waals surface area contributed by atoms with Gasteiger partial charge in [-0.3, -0.25) is 4.98 Å². The molecule has 0 atom stereocenters. The standard InChI is InChI=1S/C46H36N4/c1-31-22-28-39(32(2)47-31)41-20-12-13-21-42(41)46-49-44(36-18-10-5-11-19-36)48-45(50-46)37-25-23-35(24-26-37)40-29-27-38(33-14-6-3-7-15-33)30-43(40)34-16-8-4-9-17-34/h3-10,12-18,20-30H,11,19H2,1-2H3. The fourth-order valence-corrected chi connectivity index (χ4v) is 6.70. The van der Waals surface area contributed by atoms with Crippen LogP contribution in [0.15, 0.2) is 158 Å². The lowest BCUT2D eigenvalue weighted by Crippen LogP contribution is -2.04. The Bertz CT molecular complexity index is 2370. The minimum Gasteiger partial charge on any atom is -0.258 e. The van der Waals surface area contributed by atoms with Crippen LogP contribution < -0.4 is 0 Å². The summed E-state index contributed by atoms with van der Waals surface area (Å²) >= 11 is 0. The Hall–Kier alpha value is -6.26. The molecule has 0 saturated heterocycles. The molecule has 240 valence electrons.